The van der Waals surface area contributed by atoms with Crippen LogP contribution < -0.4 is 5.32 Å². The Morgan fingerprint density at radius 2 is 2.25 bits per heavy atom. The van der Waals surface area contributed by atoms with Crippen molar-refractivity contribution in [3.05, 3.63) is 24.3 Å². The Kier molecular flexibility index (Phi) is 3.96. The van der Waals surface area contributed by atoms with Crippen LogP contribution in [0.1, 0.15) is 12.8 Å². The summed E-state index contributed by atoms with van der Waals surface area (Å²) in [5, 5.41) is 12.1. The predicted molar refractivity (Wildman–Crippen MR) is 82.1 cm³/mol. The third-order valence-corrected chi connectivity index (χ3v) is 5.73. The number of amides is 1. The molecule has 2 aromatic rings. The van der Waals surface area contributed by atoms with Gasteiger partial charge in [-0.25, -0.2) is 4.98 Å². The number of fused-ring (bicyclic) bond motifs is 1. The largest absolute Gasteiger partial charge is 0.396 e. The molecule has 1 aliphatic rings. The van der Waals surface area contributed by atoms with Gasteiger partial charge in [-0.05, 0) is 25.0 Å². The highest BCUT2D eigenvalue weighted by atomic mass is 32.2. The Hall–Kier alpha value is -1.11. The van der Waals surface area contributed by atoms with E-state index in [1.165, 1.54) is 11.8 Å². The standard InChI is InChI=1S/C14H16N2O2S2/c17-9-14(5-6-14)8-15-12(18)7-19-13-16-10-3-1-2-4-11(10)20-13/h1-4,17H,5-9H2,(H,15,18). The van der Waals surface area contributed by atoms with Gasteiger partial charge < -0.3 is 10.4 Å². The maximum atomic E-state index is 11.8. The Labute approximate surface area is 125 Å². The zero-order valence-electron chi connectivity index (χ0n) is 11.0. The fourth-order valence-electron chi connectivity index (χ4n) is 1.94. The summed E-state index contributed by atoms with van der Waals surface area (Å²) < 4.78 is 2.07. The average molecular weight is 308 g/mol. The van der Waals surface area contributed by atoms with E-state index in [9.17, 15) is 9.90 Å². The number of rotatable bonds is 6. The molecule has 0 radical (unpaired) electrons. The van der Waals surface area contributed by atoms with Gasteiger partial charge in [0.05, 0.1) is 22.6 Å². The van der Waals surface area contributed by atoms with Crippen LogP contribution >= 0.6 is 23.1 Å². The molecule has 0 bridgehead atoms. The zero-order valence-corrected chi connectivity index (χ0v) is 12.6. The number of nitrogens with one attached hydrogen (secondary N) is 1. The van der Waals surface area contributed by atoms with Crippen molar-refractivity contribution in [2.45, 2.75) is 17.2 Å². The van der Waals surface area contributed by atoms with Crippen molar-refractivity contribution >= 4 is 39.2 Å². The van der Waals surface area contributed by atoms with E-state index in [2.05, 4.69) is 10.3 Å². The molecule has 6 heteroatoms. The second-order valence-corrected chi connectivity index (χ2v) is 7.42. The highest BCUT2D eigenvalue weighted by Gasteiger charge is 2.41. The number of aliphatic hydroxyl groups excluding tert-OH is 1. The van der Waals surface area contributed by atoms with E-state index in [1.807, 2.05) is 24.3 Å². The Balaban J connectivity index is 1.50. The summed E-state index contributed by atoms with van der Waals surface area (Å²) in [6, 6.07) is 7.97. The molecule has 1 heterocycles. The molecule has 1 aliphatic carbocycles. The van der Waals surface area contributed by atoms with E-state index in [-0.39, 0.29) is 17.9 Å². The van der Waals surface area contributed by atoms with Crippen molar-refractivity contribution in [2.75, 3.05) is 18.9 Å². The number of para-hydroxylation sites is 1. The summed E-state index contributed by atoms with van der Waals surface area (Å²) in [5.41, 5.74) is 0.952. The SMILES string of the molecule is O=C(CSc1nc2ccccc2s1)NCC1(CO)CC1. The molecule has 1 aromatic carbocycles. The van der Waals surface area contributed by atoms with Gasteiger partial charge in [0, 0.05) is 12.0 Å². The number of thiazole rings is 1. The first kappa shape index (κ1) is 13.9. The smallest absolute Gasteiger partial charge is 0.230 e. The first-order valence-electron chi connectivity index (χ1n) is 6.57. The van der Waals surface area contributed by atoms with Gasteiger partial charge in [0.1, 0.15) is 0 Å². The third kappa shape index (κ3) is 3.13. The number of hydrogen-bond donors (Lipinski definition) is 2. The van der Waals surface area contributed by atoms with E-state index >= 15 is 0 Å². The molecule has 1 amide bonds. The van der Waals surface area contributed by atoms with Gasteiger partial charge in [-0.3, -0.25) is 4.79 Å². The van der Waals surface area contributed by atoms with Crippen LogP contribution in [0.5, 0.6) is 0 Å². The fourth-order valence-corrected chi connectivity index (χ4v) is 3.84. The van der Waals surface area contributed by atoms with Crippen LogP contribution in [0.25, 0.3) is 10.2 Å². The van der Waals surface area contributed by atoms with Crippen molar-refractivity contribution < 1.29 is 9.90 Å². The summed E-state index contributed by atoms with van der Waals surface area (Å²) in [6.45, 7) is 0.751. The van der Waals surface area contributed by atoms with Gasteiger partial charge in [-0.1, -0.05) is 23.9 Å². The number of nitrogens with zero attached hydrogens (tertiary/aromatic N) is 1. The second-order valence-electron chi connectivity index (χ2n) is 5.17. The summed E-state index contributed by atoms with van der Waals surface area (Å²) >= 11 is 3.08. The number of aromatic nitrogens is 1. The number of carbonyl (C=O) groups excluding carboxylic acids is 1. The molecular weight excluding hydrogens is 292 g/mol. The lowest BCUT2D eigenvalue weighted by atomic mass is 10.1. The lowest BCUT2D eigenvalue weighted by Gasteiger charge is -2.12. The van der Waals surface area contributed by atoms with Crippen LogP contribution in [0.4, 0.5) is 0 Å². The van der Waals surface area contributed by atoms with Gasteiger partial charge in [0.25, 0.3) is 0 Å². The van der Waals surface area contributed by atoms with E-state index in [1.54, 1.807) is 11.3 Å². The van der Waals surface area contributed by atoms with Crippen molar-refractivity contribution in [1.82, 2.24) is 10.3 Å². The Morgan fingerprint density at radius 3 is 2.95 bits per heavy atom. The van der Waals surface area contributed by atoms with Crippen LogP contribution in [-0.2, 0) is 4.79 Å². The molecule has 1 saturated carbocycles. The maximum absolute atomic E-state index is 11.8. The average Bonchev–Trinajstić information content (AvgIpc) is 3.14. The number of aliphatic hydroxyl groups is 1. The Bertz CT molecular complexity index is 589. The molecule has 2 N–H and O–H groups in total. The van der Waals surface area contributed by atoms with Gasteiger partial charge in [0.2, 0.25) is 5.91 Å². The van der Waals surface area contributed by atoms with Crippen molar-refractivity contribution in [3.8, 4) is 0 Å². The summed E-state index contributed by atoms with van der Waals surface area (Å²) in [7, 11) is 0. The van der Waals surface area contributed by atoms with Crippen LogP contribution in [0.3, 0.4) is 0 Å². The van der Waals surface area contributed by atoms with Crippen molar-refractivity contribution in [2.24, 2.45) is 5.41 Å². The van der Waals surface area contributed by atoms with Gasteiger partial charge in [0.15, 0.2) is 4.34 Å². The monoisotopic (exact) mass is 308 g/mol. The molecule has 0 saturated heterocycles. The number of thioether (sulfide) groups is 1. The van der Waals surface area contributed by atoms with Gasteiger partial charge in [-0.15, -0.1) is 11.3 Å². The molecule has 1 fully saturated rings. The highest BCUT2D eigenvalue weighted by molar-refractivity contribution is 8.01. The molecule has 0 unspecified atom stereocenters. The number of benzene rings is 1. The molecule has 0 aliphatic heterocycles. The molecule has 3 rings (SSSR count). The van der Waals surface area contributed by atoms with E-state index in [4.69, 9.17) is 0 Å². The molecule has 0 atom stereocenters. The number of carbonyl (C=O) groups is 1. The van der Waals surface area contributed by atoms with Gasteiger partial charge >= 0.3 is 0 Å². The van der Waals surface area contributed by atoms with E-state index < -0.39 is 0 Å². The fraction of sp³-hybridized carbons (Fsp3) is 0.429. The third-order valence-electron chi connectivity index (χ3n) is 3.55. The molecule has 0 spiro atoms. The zero-order chi connectivity index (χ0) is 14.0. The van der Waals surface area contributed by atoms with Crippen LogP contribution in [0, 0.1) is 5.41 Å². The summed E-state index contributed by atoms with van der Waals surface area (Å²) in [6.07, 6.45) is 2.02. The minimum absolute atomic E-state index is 0.00832. The lowest BCUT2D eigenvalue weighted by molar-refractivity contribution is -0.118. The second kappa shape index (κ2) is 5.71. The van der Waals surface area contributed by atoms with Crippen LogP contribution in [0.2, 0.25) is 0 Å². The molecule has 106 valence electrons. The Morgan fingerprint density at radius 1 is 1.45 bits per heavy atom. The van der Waals surface area contributed by atoms with Gasteiger partial charge in [-0.2, -0.15) is 0 Å². The van der Waals surface area contributed by atoms with Crippen LogP contribution in [0.15, 0.2) is 28.6 Å². The van der Waals surface area contributed by atoms with Crippen molar-refractivity contribution in [3.63, 3.8) is 0 Å². The maximum Gasteiger partial charge on any atom is 0.230 e. The predicted octanol–water partition coefficient (Wildman–Crippen LogP) is 2.28. The van der Waals surface area contributed by atoms with E-state index in [0.717, 1.165) is 27.4 Å². The summed E-state index contributed by atoms with van der Waals surface area (Å²) in [4.78, 5) is 16.3. The summed E-state index contributed by atoms with van der Waals surface area (Å²) in [5.74, 6) is 0.385. The van der Waals surface area contributed by atoms with E-state index in [0.29, 0.717) is 12.3 Å². The first-order valence-corrected chi connectivity index (χ1v) is 8.37. The minimum atomic E-state index is -0.0316. The van der Waals surface area contributed by atoms with Crippen molar-refractivity contribution in [1.29, 1.82) is 0 Å². The molecular formula is C14H16N2O2S2. The lowest BCUT2D eigenvalue weighted by Crippen LogP contribution is -2.32. The topological polar surface area (TPSA) is 62.2 Å². The number of hydrogen-bond acceptors (Lipinski definition) is 5. The highest BCUT2D eigenvalue weighted by Crippen LogP contribution is 2.44. The molecule has 20 heavy (non-hydrogen) atoms. The molecule has 4 nitrogen and oxygen atoms in total. The minimum Gasteiger partial charge on any atom is -0.396 e. The van der Waals surface area contributed by atoms with Crippen LogP contribution in [-0.4, -0.2) is 34.9 Å². The molecule has 1 aromatic heterocycles. The first-order chi connectivity index (χ1) is 9.71. The normalized spacial score (nSPS) is 16.2. The quantitative estimate of drug-likeness (QED) is 0.804.